The zero-order valence-electron chi connectivity index (χ0n) is 15.9. The second kappa shape index (κ2) is 6.93. The molecule has 3 aromatic heterocycles. The van der Waals surface area contributed by atoms with Gasteiger partial charge in [0, 0.05) is 30.9 Å². The van der Waals surface area contributed by atoms with Crippen LogP contribution in [0.15, 0.2) is 48.9 Å². The van der Waals surface area contributed by atoms with Crippen molar-refractivity contribution >= 4 is 17.2 Å². The Kier molecular flexibility index (Phi) is 4.10. The van der Waals surface area contributed by atoms with Gasteiger partial charge in [-0.1, -0.05) is 18.2 Å². The number of hydrogen-bond donors (Lipinski definition) is 1. The molecule has 146 valence electrons. The number of carbonyl (C=O) groups excluding carboxylic acids is 1. The number of nitrogens with zero attached hydrogens (tertiary/aromatic N) is 7. The summed E-state index contributed by atoms with van der Waals surface area (Å²) in [6.45, 7) is 1.44. The maximum atomic E-state index is 12.7. The van der Waals surface area contributed by atoms with Gasteiger partial charge in [-0.25, -0.2) is 19.5 Å². The number of amides is 1. The van der Waals surface area contributed by atoms with Crippen LogP contribution in [0, 0.1) is 11.3 Å². The molecule has 0 atom stereocenters. The largest absolute Gasteiger partial charge is 0.382 e. The van der Waals surface area contributed by atoms with Crippen molar-refractivity contribution in [3.05, 3.63) is 60.2 Å². The molecule has 1 saturated heterocycles. The minimum absolute atomic E-state index is 0.142. The summed E-state index contributed by atoms with van der Waals surface area (Å²) in [7, 11) is 0. The number of hydrogen-bond acceptors (Lipinski definition) is 7. The number of nitrogen functional groups attached to an aromatic ring is 1. The molecule has 1 aromatic carbocycles. The van der Waals surface area contributed by atoms with Gasteiger partial charge in [0.25, 0.3) is 5.91 Å². The third-order valence-corrected chi connectivity index (χ3v) is 5.13. The van der Waals surface area contributed by atoms with E-state index in [-0.39, 0.29) is 11.7 Å². The summed E-state index contributed by atoms with van der Waals surface area (Å²) in [6.07, 6.45) is 4.03. The van der Waals surface area contributed by atoms with Gasteiger partial charge in [0.05, 0.1) is 17.3 Å². The fourth-order valence-corrected chi connectivity index (χ4v) is 3.49. The van der Waals surface area contributed by atoms with E-state index in [9.17, 15) is 10.1 Å². The van der Waals surface area contributed by atoms with Crippen LogP contribution in [-0.2, 0) is 0 Å². The molecule has 1 fully saturated rings. The van der Waals surface area contributed by atoms with Gasteiger partial charge in [-0.3, -0.25) is 4.79 Å². The topological polar surface area (TPSA) is 126 Å². The Morgan fingerprint density at radius 2 is 2.03 bits per heavy atom. The number of nitriles is 1. The van der Waals surface area contributed by atoms with Crippen molar-refractivity contribution in [1.29, 1.82) is 5.26 Å². The zero-order chi connectivity index (χ0) is 20.7. The molecule has 1 amide bonds. The van der Waals surface area contributed by atoms with E-state index in [1.165, 1.54) is 6.33 Å². The maximum Gasteiger partial charge on any atom is 0.274 e. The number of benzene rings is 1. The molecule has 1 aliphatic heterocycles. The number of nitrogens with two attached hydrogens (primary N) is 1. The molecule has 0 bridgehead atoms. The number of fused-ring (bicyclic) bond motifs is 1. The second-order valence-electron chi connectivity index (χ2n) is 6.92. The van der Waals surface area contributed by atoms with E-state index in [4.69, 9.17) is 5.73 Å². The Labute approximate surface area is 171 Å². The quantitative estimate of drug-likeness (QED) is 0.562. The maximum absolute atomic E-state index is 12.7. The normalized spacial score (nSPS) is 13.1. The molecule has 0 radical (unpaired) electrons. The average Bonchev–Trinajstić information content (AvgIpc) is 3.19. The molecule has 0 unspecified atom stereocenters. The zero-order valence-corrected chi connectivity index (χ0v) is 15.9. The van der Waals surface area contributed by atoms with Crippen molar-refractivity contribution in [3.8, 4) is 28.7 Å². The van der Waals surface area contributed by atoms with E-state index >= 15 is 0 Å². The highest BCUT2D eigenvalue weighted by atomic mass is 16.2. The summed E-state index contributed by atoms with van der Waals surface area (Å²) in [5.74, 6) is 0.0719. The Morgan fingerprint density at radius 1 is 1.20 bits per heavy atom. The standard InChI is InChI=1S/C21H16N8O/c22-11-13-4-1-2-5-14(13)18-19(15-6-7-24-12-25-15)29-17(20(23)26-18)10-16(27-29)21(30)28-8-3-9-28/h1-2,4-7,10,12H,3,8-9H2,(H2,23,26). The van der Waals surface area contributed by atoms with E-state index in [0.29, 0.717) is 39.4 Å². The van der Waals surface area contributed by atoms with Gasteiger partial charge in [-0.15, -0.1) is 0 Å². The second-order valence-corrected chi connectivity index (χ2v) is 6.92. The highest BCUT2D eigenvalue weighted by Crippen LogP contribution is 2.34. The summed E-state index contributed by atoms with van der Waals surface area (Å²) >= 11 is 0. The predicted molar refractivity (Wildman–Crippen MR) is 109 cm³/mol. The van der Waals surface area contributed by atoms with E-state index in [1.807, 2.05) is 6.07 Å². The number of likely N-dealkylation sites (tertiary alicyclic amines) is 1. The first-order valence-corrected chi connectivity index (χ1v) is 9.42. The van der Waals surface area contributed by atoms with Crippen LogP contribution in [0.5, 0.6) is 0 Å². The highest BCUT2D eigenvalue weighted by Gasteiger charge is 2.27. The molecule has 9 heteroatoms. The lowest BCUT2D eigenvalue weighted by Gasteiger charge is -2.29. The van der Waals surface area contributed by atoms with Crippen LogP contribution in [0.4, 0.5) is 5.82 Å². The fourth-order valence-electron chi connectivity index (χ4n) is 3.49. The Balaban J connectivity index is 1.82. The van der Waals surface area contributed by atoms with Crippen LogP contribution >= 0.6 is 0 Å². The van der Waals surface area contributed by atoms with Gasteiger partial charge < -0.3 is 10.6 Å². The van der Waals surface area contributed by atoms with Gasteiger partial charge in [0.2, 0.25) is 0 Å². The highest BCUT2D eigenvalue weighted by molar-refractivity contribution is 5.95. The molecule has 0 saturated carbocycles. The first kappa shape index (κ1) is 17.8. The van der Waals surface area contributed by atoms with Crippen molar-refractivity contribution in [1.82, 2.24) is 29.5 Å². The van der Waals surface area contributed by atoms with Crippen molar-refractivity contribution < 1.29 is 4.79 Å². The summed E-state index contributed by atoms with van der Waals surface area (Å²) in [5.41, 5.74) is 9.66. The SMILES string of the molecule is N#Cc1ccccc1-c1nc(N)c2cc(C(=O)N3CCC3)nn2c1-c1ccncn1. The summed E-state index contributed by atoms with van der Waals surface area (Å²) in [6, 6.07) is 12.7. The number of rotatable bonds is 3. The van der Waals surface area contributed by atoms with Crippen LogP contribution < -0.4 is 5.73 Å². The molecule has 2 N–H and O–H groups in total. The van der Waals surface area contributed by atoms with Crippen molar-refractivity contribution in [2.75, 3.05) is 18.8 Å². The summed E-state index contributed by atoms with van der Waals surface area (Å²) in [4.78, 5) is 27.4. The van der Waals surface area contributed by atoms with E-state index in [1.54, 1.807) is 45.9 Å². The average molecular weight is 396 g/mol. The van der Waals surface area contributed by atoms with Gasteiger partial charge >= 0.3 is 0 Å². The molecule has 0 aliphatic carbocycles. The molecule has 5 rings (SSSR count). The molecule has 4 heterocycles. The predicted octanol–water partition coefficient (Wildman–Crippen LogP) is 2.15. The minimum Gasteiger partial charge on any atom is -0.382 e. The summed E-state index contributed by atoms with van der Waals surface area (Å²) in [5, 5.41) is 14.1. The van der Waals surface area contributed by atoms with Crippen molar-refractivity contribution in [2.45, 2.75) is 6.42 Å². The van der Waals surface area contributed by atoms with Gasteiger partial charge in [-0.2, -0.15) is 10.4 Å². The lowest BCUT2D eigenvalue weighted by molar-refractivity contribution is 0.0645. The minimum atomic E-state index is -0.142. The molecular formula is C21H16N8O. The fraction of sp³-hybridized carbons (Fsp3) is 0.143. The third kappa shape index (κ3) is 2.74. The lowest BCUT2D eigenvalue weighted by atomic mass is 10.0. The van der Waals surface area contributed by atoms with E-state index in [2.05, 4.69) is 26.1 Å². The first-order chi connectivity index (χ1) is 14.7. The number of aromatic nitrogens is 5. The molecule has 30 heavy (non-hydrogen) atoms. The smallest absolute Gasteiger partial charge is 0.274 e. The lowest BCUT2D eigenvalue weighted by Crippen LogP contribution is -2.42. The third-order valence-electron chi connectivity index (χ3n) is 5.13. The first-order valence-electron chi connectivity index (χ1n) is 9.42. The van der Waals surface area contributed by atoms with Crippen LogP contribution in [0.3, 0.4) is 0 Å². The monoisotopic (exact) mass is 396 g/mol. The van der Waals surface area contributed by atoms with Crippen LogP contribution in [0.2, 0.25) is 0 Å². The van der Waals surface area contributed by atoms with Gasteiger partial charge in [0.15, 0.2) is 5.69 Å². The Morgan fingerprint density at radius 3 is 2.73 bits per heavy atom. The molecule has 0 spiro atoms. The Bertz CT molecular complexity index is 1320. The van der Waals surface area contributed by atoms with Gasteiger partial charge in [0.1, 0.15) is 29.0 Å². The van der Waals surface area contributed by atoms with E-state index in [0.717, 1.165) is 19.5 Å². The van der Waals surface area contributed by atoms with Gasteiger partial charge in [-0.05, 0) is 18.6 Å². The molecule has 1 aliphatic rings. The number of carbonyl (C=O) groups is 1. The van der Waals surface area contributed by atoms with Crippen LogP contribution in [0.1, 0.15) is 22.5 Å². The van der Waals surface area contributed by atoms with Crippen molar-refractivity contribution in [3.63, 3.8) is 0 Å². The molecule has 4 aromatic rings. The Hall–Kier alpha value is -4.32. The van der Waals surface area contributed by atoms with Crippen LogP contribution in [-0.4, -0.2) is 48.5 Å². The number of anilines is 1. The summed E-state index contributed by atoms with van der Waals surface area (Å²) < 4.78 is 1.58. The van der Waals surface area contributed by atoms with Crippen molar-refractivity contribution in [2.24, 2.45) is 0 Å². The van der Waals surface area contributed by atoms with E-state index < -0.39 is 0 Å². The molecular weight excluding hydrogens is 380 g/mol. The molecule has 9 nitrogen and oxygen atoms in total. The van der Waals surface area contributed by atoms with Crippen LogP contribution in [0.25, 0.3) is 28.2 Å².